The van der Waals surface area contributed by atoms with Crippen molar-refractivity contribution in [2.75, 3.05) is 0 Å². The van der Waals surface area contributed by atoms with E-state index in [4.69, 9.17) is 0 Å². The summed E-state index contributed by atoms with van der Waals surface area (Å²) in [5.41, 5.74) is 2.54. The standard InChI is InChI=1S/C13H16O/c1-10-7-8-12(9-13(10)14)11-5-3-2-4-6-11/h2-6,8,10,13-14H,7,9H2,1H3. The van der Waals surface area contributed by atoms with Gasteiger partial charge < -0.3 is 5.11 Å². The van der Waals surface area contributed by atoms with E-state index in [2.05, 4.69) is 25.1 Å². The predicted octanol–water partition coefficient (Wildman–Crippen LogP) is 2.86. The largest absolute Gasteiger partial charge is 0.392 e. The van der Waals surface area contributed by atoms with Gasteiger partial charge >= 0.3 is 0 Å². The van der Waals surface area contributed by atoms with E-state index in [1.54, 1.807) is 0 Å². The van der Waals surface area contributed by atoms with Gasteiger partial charge in [0, 0.05) is 0 Å². The molecule has 0 bridgehead atoms. The highest BCUT2D eigenvalue weighted by Gasteiger charge is 2.20. The average Bonchev–Trinajstić information content (AvgIpc) is 2.23. The summed E-state index contributed by atoms with van der Waals surface area (Å²) in [4.78, 5) is 0. The molecule has 1 aliphatic carbocycles. The van der Waals surface area contributed by atoms with Crippen molar-refractivity contribution in [2.45, 2.75) is 25.9 Å². The Labute approximate surface area is 85.1 Å². The second kappa shape index (κ2) is 3.97. The van der Waals surface area contributed by atoms with Crippen LogP contribution in [0, 0.1) is 5.92 Å². The monoisotopic (exact) mass is 188 g/mol. The van der Waals surface area contributed by atoms with Gasteiger partial charge in [0.15, 0.2) is 0 Å². The quantitative estimate of drug-likeness (QED) is 0.718. The van der Waals surface area contributed by atoms with Gasteiger partial charge in [-0.2, -0.15) is 0 Å². The van der Waals surface area contributed by atoms with E-state index in [9.17, 15) is 5.11 Å². The molecule has 0 radical (unpaired) electrons. The van der Waals surface area contributed by atoms with Crippen LogP contribution in [0.3, 0.4) is 0 Å². The summed E-state index contributed by atoms with van der Waals surface area (Å²) in [6.45, 7) is 2.10. The molecule has 0 spiro atoms. The van der Waals surface area contributed by atoms with Crippen molar-refractivity contribution in [2.24, 2.45) is 5.92 Å². The fourth-order valence-electron chi connectivity index (χ4n) is 1.88. The summed E-state index contributed by atoms with van der Waals surface area (Å²) in [5, 5.41) is 9.77. The highest BCUT2D eigenvalue weighted by Crippen LogP contribution is 2.29. The molecular weight excluding hydrogens is 172 g/mol. The molecule has 1 aliphatic rings. The minimum absolute atomic E-state index is 0.171. The fourth-order valence-corrected chi connectivity index (χ4v) is 1.88. The Hall–Kier alpha value is -1.08. The van der Waals surface area contributed by atoms with E-state index in [-0.39, 0.29) is 6.10 Å². The smallest absolute Gasteiger partial charge is 0.0609 e. The Morgan fingerprint density at radius 2 is 1.93 bits per heavy atom. The van der Waals surface area contributed by atoms with E-state index >= 15 is 0 Å². The van der Waals surface area contributed by atoms with E-state index in [0.717, 1.165) is 12.8 Å². The average molecular weight is 188 g/mol. The minimum Gasteiger partial charge on any atom is -0.392 e. The molecule has 1 aromatic carbocycles. The first kappa shape index (κ1) is 9.47. The summed E-state index contributed by atoms with van der Waals surface area (Å²) >= 11 is 0. The van der Waals surface area contributed by atoms with E-state index in [1.807, 2.05) is 18.2 Å². The number of hydrogen-bond acceptors (Lipinski definition) is 1. The first-order valence-electron chi connectivity index (χ1n) is 5.20. The predicted molar refractivity (Wildman–Crippen MR) is 58.8 cm³/mol. The van der Waals surface area contributed by atoms with Gasteiger partial charge in [0.2, 0.25) is 0 Å². The summed E-state index contributed by atoms with van der Waals surface area (Å²) in [6, 6.07) is 10.3. The number of benzene rings is 1. The van der Waals surface area contributed by atoms with Gasteiger partial charge in [0.05, 0.1) is 6.10 Å². The van der Waals surface area contributed by atoms with Crippen LogP contribution in [-0.2, 0) is 0 Å². The molecule has 14 heavy (non-hydrogen) atoms. The molecule has 1 N–H and O–H groups in total. The van der Waals surface area contributed by atoms with Gasteiger partial charge in [-0.1, -0.05) is 43.3 Å². The number of aliphatic hydroxyl groups is 1. The van der Waals surface area contributed by atoms with Crippen LogP contribution in [0.5, 0.6) is 0 Å². The molecular formula is C13H16O. The molecule has 2 unspecified atom stereocenters. The summed E-state index contributed by atoms with van der Waals surface area (Å²) in [5.74, 6) is 0.405. The molecule has 74 valence electrons. The second-order valence-electron chi connectivity index (χ2n) is 4.08. The van der Waals surface area contributed by atoms with Crippen molar-refractivity contribution < 1.29 is 5.11 Å². The van der Waals surface area contributed by atoms with Crippen molar-refractivity contribution in [3.05, 3.63) is 42.0 Å². The molecule has 1 heteroatoms. The SMILES string of the molecule is CC1CC=C(c2ccccc2)CC1O. The summed E-state index contributed by atoms with van der Waals surface area (Å²) in [6.07, 6.45) is 3.87. The Balaban J connectivity index is 2.21. The first-order chi connectivity index (χ1) is 6.77. The third kappa shape index (κ3) is 1.88. The molecule has 1 aromatic rings. The molecule has 0 aliphatic heterocycles. The number of aliphatic hydroxyl groups excluding tert-OH is 1. The Morgan fingerprint density at radius 1 is 1.21 bits per heavy atom. The van der Waals surface area contributed by atoms with E-state index in [1.165, 1.54) is 11.1 Å². The topological polar surface area (TPSA) is 20.2 Å². The van der Waals surface area contributed by atoms with Crippen LogP contribution >= 0.6 is 0 Å². The molecule has 2 rings (SSSR count). The third-order valence-electron chi connectivity index (χ3n) is 2.97. The summed E-state index contributed by atoms with van der Waals surface area (Å²) < 4.78 is 0. The van der Waals surface area contributed by atoms with E-state index in [0.29, 0.717) is 5.92 Å². The molecule has 0 amide bonds. The maximum absolute atomic E-state index is 9.77. The van der Waals surface area contributed by atoms with Crippen LogP contribution < -0.4 is 0 Å². The number of rotatable bonds is 1. The van der Waals surface area contributed by atoms with Gasteiger partial charge in [0.1, 0.15) is 0 Å². The molecule has 1 nitrogen and oxygen atoms in total. The second-order valence-corrected chi connectivity index (χ2v) is 4.08. The molecule has 2 atom stereocenters. The van der Waals surface area contributed by atoms with Crippen LogP contribution in [0.1, 0.15) is 25.3 Å². The van der Waals surface area contributed by atoms with Gasteiger partial charge in [-0.3, -0.25) is 0 Å². The van der Waals surface area contributed by atoms with Crippen LogP contribution in [0.15, 0.2) is 36.4 Å². The van der Waals surface area contributed by atoms with Gasteiger partial charge in [-0.15, -0.1) is 0 Å². The molecule has 0 heterocycles. The Kier molecular flexibility index (Phi) is 2.69. The minimum atomic E-state index is -0.171. The van der Waals surface area contributed by atoms with Gasteiger partial charge in [0.25, 0.3) is 0 Å². The summed E-state index contributed by atoms with van der Waals surface area (Å²) in [7, 11) is 0. The zero-order valence-electron chi connectivity index (χ0n) is 8.48. The van der Waals surface area contributed by atoms with Crippen LogP contribution in [0.4, 0.5) is 0 Å². The third-order valence-corrected chi connectivity index (χ3v) is 2.97. The van der Waals surface area contributed by atoms with Crippen molar-refractivity contribution in [3.63, 3.8) is 0 Å². The Bertz CT molecular complexity index is 326. The number of allylic oxidation sites excluding steroid dienone is 1. The molecule has 0 saturated carbocycles. The molecule has 0 aromatic heterocycles. The van der Waals surface area contributed by atoms with Crippen LogP contribution in [0.25, 0.3) is 5.57 Å². The lowest BCUT2D eigenvalue weighted by Crippen LogP contribution is -2.20. The van der Waals surface area contributed by atoms with Gasteiger partial charge in [-0.05, 0) is 29.9 Å². The maximum atomic E-state index is 9.77. The van der Waals surface area contributed by atoms with E-state index < -0.39 is 0 Å². The van der Waals surface area contributed by atoms with Crippen molar-refractivity contribution in [3.8, 4) is 0 Å². The van der Waals surface area contributed by atoms with Crippen molar-refractivity contribution in [1.82, 2.24) is 0 Å². The molecule has 0 fully saturated rings. The lowest BCUT2D eigenvalue weighted by molar-refractivity contribution is 0.118. The first-order valence-corrected chi connectivity index (χ1v) is 5.20. The number of hydrogen-bond donors (Lipinski definition) is 1. The van der Waals surface area contributed by atoms with Crippen molar-refractivity contribution in [1.29, 1.82) is 0 Å². The van der Waals surface area contributed by atoms with Gasteiger partial charge in [-0.25, -0.2) is 0 Å². The highest BCUT2D eigenvalue weighted by molar-refractivity contribution is 5.66. The van der Waals surface area contributed by atoms with Crippen LogP contribution in [0.2, 0.25) is 0 Å². The molecule has 0 saturated heterocycles. The highest BCUT2D eigenvalue weighted by atomic mass is 16.3. The zero-order chi connectivity index (χ0) is 9.97. The lowest BCUT2D eigenvalue weighted by atomic mass is 9.85. The maximum Gasteiger partial charge on any atom is 0.0609 e. The van der Waals surface area contributed by atoms with Crippen LogP contribution in [-0.4, -0.2) is 11.2 Å². The Morgan fingerprint density at radius 3 is 2.57 bits per heavy atom. The lowest BCUT2D eigenvalue weighted by Gasteiger charge is -2.24. The fraction of sp³-hybridized carbons (Fsp3) is 0.385. The normalized spacial score (nSPS) is 27.1. The van der Waals surface area contributed by atoms with Crippen molar-refractivity contribution >= 4 is 5.57 Å². The zero-order valence-corrected chi connectivity index (χ0v) is 8.48.